The quantitative estimate of drug-likeness (QED) is 0.504. The fourth-order valence-corrected chi connectivity index (χ4v) is 5.40. The molecule has 3 aromatic rings. The molecule has 156 valence electrons. The van der Waals surface area contributed by atoms with Crippen molar-refractivity contribution in [2.24, 2.45) is 0 Å². The van der Waals surface area contributed by atoms with Crippen molar-refractivity contribution in [3.8, 4) is 5.75 Å². The Kier molecular flexibility index (Phi) is 4.19. The van der Waals surface area contributed by atoms with Gasteiger partial charge in [0.15, 0.2) is 0 Å². The molecule has 1 N–H and O–H groups in total. The predicted molar refractivity (Wildman–Crippen MR) is 117 cm³/mol. The van der Waals surface area contributed by atoms with Crippen LogP contribution >= 0.6 is 0 Å². The molecule has 2 aliphatic rings. The second-order valence-corrected chi connectivity index (χ2v) is 9.11. The fraction of sp³-hybridized carbons (Fsp3) is 0.417. The van der Waals surface area contributed by atoms with Gasteiger partial charge in [-0.15, -0.1) is 0 Å². The van der Waals surface area contributed by atoms with Gasteiger partial charge in [-0.25, -0.2) is 0 Å². The largest absolute Gasteiger partial charge is 0.485 e. The summed E-state index contributed by atoms with van der Waals surface area (Å²) in [5.74, 6) is 0.849. The highest BCUT2D eigenvalue weighted by Gasteiger charge is 2.41. The first-order chi connectivity index (χ1) is 14.3. The van der Waals surface area contributed by atoms with Crippen LogP contribution in [0, 0.1) is 30.9 Å². The van der Waals surface area contributed by atoms with E-state index in [9.17, 15) is 10.1 Å². The summed E-state index contributed by atoms with van der Waals surface area (Å²) in [7, 11) is 0. The molecule has 0 spiro atoms. The van der Waals surface area contributed by atoms with Gasteiger partial charge in [0.1, 0.15) is 11.4 Å². The number of fused-ring (bicyclic) bond motifs is 4. The molecule has 2 aromatic carbocycles. The van der Waals surface area contributed by atoms with Gasteiger partial charge in [-0.05, 0) is 45.7 Å². The predicted octanol–water partition coefficient (Wildman–Crippen LogP) is 4.75. The first-order valence-electron chi connectivity index (χ1n) is 10.5. The molecule has 1 aromatic heterocycles. The average molecular weight is 405 g/mol. The van der Waals surface area contributed by atoms with Gasteiger partial charge < -0.3 is 9.72 Å². The molecular formula is C24H27N3O3. The summed E-state index contributed by atoms with van der Waals surface area (Å²) in [5, 5.41) is 12.9. The molecule has 6 nitrogen and oxygen atoms in total. The number of nitro groups is 1. The molecule has 3 heterocycles. The monoisotopic (exact) mass is 405 g/mol. The molecule has 1 atom stereocenters. The summed E-state index contributed by atoms with van der Waals surface area (Å²) in [6.45, 7) is 10.4. The number of benzene rings is 2. The summed E-state index contributed by atoms with van der Waals surface area (Å²) in [5.41, 5.74) is 7.12. The number of hydrogen-bond donors (Lipinski definition) is 1. The number of aromatic amines is 1. The lowest BCUT2D eigenvalue weighted by Crippen LogP contribution is -2.46. The van der Waals surface area contributed by atoms with Gasteiger partial charge in [-0.3, -0.25) is 15.0 Å². The minimum Gasteiger partial charge on any atom is -0.485 e. The Balaban J connectivity index is 1.41. The maximum absolute atomic E-state index is 11.6. The summed E-state index contributed by atoms with van der Waals surface area (Å²) >= 11 is 0. The van der Waals surface area contributed by atoms with Crippen LogP contribution in [-0.4, -0.2) is 33.5 Å². The average Bonchev–Trinajstić information content (AvgIpc) is 3.23. The Morgan fingerprint density at radius 1 is 1.17 bits per heavy atom. The van der Waals surface area contributed by atoms with E-state index in [1.165, 1.54) is 22.2 Å². The zero-order valence-electron chi connectivity index (χ0n) is 18.0. The van der Waals surface area contributed by atoms with Crippen LogP contribution in [-0.2, 0) is 19.4 Å². The number of nitro benzene ring substituents is 1. The highest BCUT2D eigenvalue weighted by atomic mass is 16.6. The Bertz CT molecular complexity index is 1200. The Morgan fingerprint density at radius 2 is 1.93 bits per heavy atom. The number of hydrogen-bond acceptors (Lipinski definition) is 4. The molecule has 2 aliphatic heterocycles. The Morgan fingerprint density at radius 3 is 2.70 bits per heavy atom. The number of nitrogens with one attached hydrogen (secondary N) is 1. The van der Waals surface area contributed by atoms with Crippen LogP contribution in [0.2, 0.25) is 0 Å². The van der Waals surface area contributed by atoms with Crippen LogP contribution in [0.3, 0.4) is 0 Å². The lowest BCUT2D eigenvalue weighted by molar-refractivity contribution is -0.386. The zero-order valence-corrected chi connectivity index (χ0v) is 18.0. The standard InChI is InChI=1S/C24H27N3O3/c1-14-15(2)23-19(16(3)22(14)27(28)29)11-24(4,30-23)13-26-10-9-18-17-7-5-6-8-20(17)25-21(18)12-26/h5-8,25H,9-13H2,1-4H3. The first-order valence-corrected chi connectivity index (χ1v) is 10.5. The van der Waals surface area contributed by atoms with E-state index in [1.807, 2.05) is 20.8 Å². The fourth-order valence-electron chi connectivity index (χ4n) is 5.40. The summed E-state index contributed by atoms with van der Waals surface area (Å²) in [4.78, 5) is 17.4. The van der Waals surface area contributed by atoms with Gasteiger partial charge in [0.05, 0.1) is 4.92 Å². The lowest BCUT2D eigenvalue weighted by Gasteiger charge is -2.34. The maximum atomic E-state index is 11.6. The van der Waals surface area contributed by atoms with E-state index < -0.39 is 0 Å². The molecule has 0 fully saturated rings. The van der Waals surface area contributed by atoms with Gasteiger partial charge in [0.2, 0.25) is 0 Å². The molecular weight excluding hydrogens is 378 g/mol. The van der Waals surface area contributed by atoms with Crippen molar-refractivity contribution in [1.29, 1.82) is 0 Å². The highest BCUT2D eigenvalue weighted by Crippen LogP contribution is 2.45. The number of para-hydroxylation sites is 1. The maximum Gasteiger partial charge on any atom is 0.275 e. The van der Waals surface area contributed by atoms with Crippen molar-refractivity contribution < 1.29 is 9.66 Å². The zero-order chi connectivity index (χ0) is 21.2. The van der Waals surface area contributed by atoms with E-state index in [4.69, 9.17) is 4.74 Å². The summed E-state index contributed by atoms with van der Waals surface area (Å²) in [6.07, 6.45) is 1.72. The van der Waals surface area contributed by atoms with E-state index in [2.05, 4.69) is 41.1 Å². The molecule has 0 saturated heterocycles. The van der Waals surface area contributed by atoms with E-state index in [0.717, 1.165) is 48.5 Å². The Hall–Kier alpha value is -2.86. The number of H-pyrrole nitrogens is 1. The number of nitrogens with zero attached hydrogens (tertiary/aromatic N) is 2. The second-order valence-electron chi connectivity index (χ2n) is 9.11. The van der Waals surface area contributed by atoms with Crippen molar-refractivity contribution in [3.05, 3.63) is 67.9 Å². The molecule has 0 aliphatic carbocycles. The molecule has 0 radical (unpaired) electrons. The topological polar surface area (TPSA) is 71.4 Å². The second kappa shape index (κ2) is 6.57. The molecule has 1 unspecified atom stereocenters. The van der Waals surface area contributed by atoms with Crippen LogP contribution in [0.1, 0.15) is 40.4 Å². The highest BCUT2D eigenvalue weighted by molar-refractivity contribution is 5.84. The third kappa shape index (κ3) is 2.82. The van der Waals surface area contributed by atoms with Crippen molar-refractivity contribution in [3.63, 3.8) is 0 Å². The number of ether oxygens (including phenoxy) is 1. The molecule has 0 bridgehead atoms. The molecule has 0 saturated carbocycles. The van der Waals surface area contributed by atoms with E-state index in [1.54, 1.807) is 0 Å². The van der Waals surface area contributed by atoms with Gasteiger partial charge in [-0.2, -0.15) is 0 Å². The van der Waals surface area contributed by atoms with E-state index in [0.29, 0.717) is 12.0 Å². The minimum atomic E-state index is -0.386. The van der Waals surface area contributed by atoms with Gasteiger partial charge in [0, 0.05) is 64.9 Å². The van der Waals surface area contributed by atoms with Crippen molar-refractivity contribution in [2.75, 3.05) is 13.1 Å². The van der Waals surface area contributed by atoms with E-state index >= 15 is 0 Å². The van der Waals surface area contributed by atoms with Crippen LogP contribution in [0.4, 0.5) is 5.69 Å². The van der Waals surface area contributed by atoms with Gasteiger partial charge >= 0.3 is 0 Å². The minimum absolute atomic E-state index is 0.236. The SMILES string of the molecule is Cc1c(C)c([N+](=O)[O-])c(C)c2c1OC(C)(CN1CCc3c([nH]c4ccccc34)C1)C2. The van der Waals surface area contributed by atoms with E-state index in [-0.39, 0.29) is 16.2 Å². The smallest absolute Gasteiger partial charge is 0.275 e. The number of aromatic nitrogens is 1. The van der Waals surface area contributed by atoms with Crippen LogP contribution < -0.4 is 4.74 Å². The third-order valence-corrected chi connectivity index (χ3v) is 6.94. The van der Waals surface area contributed by atoms with Gasteiger partial charge in [0.25, 0.3) is 5.69 Å². The number of rotatable bonds is 3. The summed E-state index contributed by atoms with van der Waals surface area (Å²) in [6, 6.07) is 8.49. The Labute approximate surface area is 176 Å². The lowest BCUT2D eigenvalue weighted by atomic mass is 9.91. The van der Waals surface area contributed by atoms with Crippen molar-refractivity contribution >= 4 is 16.6 Å². The molecule has 30 heavy (non-hydrogen) atoms. The van der Waals surface area contributed by atoms with Crippen LogP contribution in [0.25, 0.3) is 10.9 Å². The van der Waals surface area contributed by atoms with Gasteiger partial charge in [-0.1, -0.05) is 18.2 Å². The first kappa shape index (κ1) is 19.1. The van der Waals surface area contributed by atoms with Crippen LogP contribution in [0.15, 0.2) is 24.3 Å². The van der Waals surface area contributed by atoms with Crippen molar-refractivity contribution in [1.82, 2.24) is 9.88 Å². The van der Waals surface area contributed by atoms with Crippen LogP contribution in [0.5, 0.6) is 5.75 Å². The summed E-state index contributed by atoms with van der Waals surface area (Å²) < 4.78 is 6.50. The molecule has 5 rings (SSSR count). The molecule has 0 amide bonds. The third-order valence-electron chi connectivity index (χ3n) is 6.94. The van der Waals surface area contributed by atoms with Crippen molar-refractivity contribution in [2.45, 2.75) is 52.7 Å². The molecule has 6 heteroatoms. The normalized spacial score (nSPS) is 20.8.